The highest BCUT2D eigenvalue weighted by atomic mass is 16.1. The zero-order valence-electron chi connectivity index (χ0n) is 15.8. The Balaban J connectivity index is 1.19. The van der Waals surface area contributed by atoms with Crippen LogP contribution < -0.4 is 15.8 Å². The second-order valence-corrected chi connectivity index (χ2v) is 7.08. The molecule has 1 saturated heterocycles. The second-order valence-electron chi connectivity index (χ2n) is 7.08. The summed E-state index contributed by atoms with van der Waals surface area (Å²) in [4.78, 5) is 25.5. The first-order valence-electron chi connectivity index (χ1n) is 9.32. The van der Waals surface area contributed by atoms with Gasteiger partial charge in [0.15, 0.2) is 11.5 Å². The average Bonchev–Trinajstić information content (AvgIpc) is 3.09. The van der Waals surface area contributed by atoms with Crippen LogP contribution in [-0.4, -0.2) is 54.6 Å². The molecule has 0 aliphatic carbocycles. The van der Waals surface area contributed by atoms with Crippen LogP contribution >= 0.6 is 0 Å². The molecule has 0 spiro atoms. The van der Waals surface area contributed by atoms with Crippen LogP contribution in [0.1, 0.15) is 0 Å². The Labute approximate surface area is 165 Å². The molecular formula is C19H19N9O. The molecule has 10 nitrogen and oxygen atoms in total. The molecule has 0 radical (unpaired) electrons. The van der Waals surface area contributed by atoms with Crippen molar-refractivity contribution in [1.82, 2.24) is 34.9 Å². The predicted molar refractivity (Wildman–Crippen MR) is 109 cm³/mol. The lowest BCUT2D eigenvalue weighted by molar-refractivity contribution is 0.425. The van der Waals surface area contributed by atoms with E-state index in [1.54, 1.807) is 24.1 Å². The number of hydrogen-bond acceptors (Lipinski definition) is 8. The molecule has 5 rings (SSSR count). The number of rotatable bonds is 5. The first kappa shape index (κ1) is 17.3. The van der Waals surface area contributed by atoms with Gasteiger partial charge in [0, 0.05) is 50.6 Å². The summed E-state index contributed by atoms with van der Waals surface area (Å²) in [5.74, 6) is 1.76. The van der Waals surface area contributed by atoms with Crippen molar-refractivity contribution in [2.75, 3.05) is 29.9 Å². The smallest absolute Gasteiger partial charge is 0.263 e. The number of hydrogen-bond donors (Lipinski definition) is 2. The van der Waals surface area contributed by atoms with Gasteiger partial charge in [0.05, 0.1) is 11.9 Å². The van der Waals surface area contributed by atoms with Crippen LogP contribution in [0.25, 0.3) is 22.3 Å². The topological polar surface area (TPSA) is 118 Å². The largest absolute Gasteiger partial charge is 0.355 e. The number of nitrogens with zero attached hydrogens (tertiary/aromatic N) is 7. The molecule has 10 heteroatoms. The van der Waals surface area contributed by atoms with Gasteiger partial charge < -0.3 is 10.2 Å². The summed E-state index contributed by atoms with van der Waals surface area (Å²) >= 11 is 0. The number of aromatic amines is 1. The summed E-state index contributed by atoms with van der Waals surface area (Å²) in [6.07, 6.45) is 5.01. The Hall–Kier alpha value is -3.82. The van der Waals surface area contributed by atoms with E-state index in [2.05, 4.69) is 40.5 Å². The third kappa shape index (κ3) is 3.28. The highest BCUT2D eigenvalue weighted by Gasteiger charge is 2.28. The van der Waals surface area contributed by atoms with Crippen molar-refractivity contribution >= 4 is 22.8 Å². The lowest BCUT2D eigenvalue weighted by atomic mass is 10.0. The van der Waals surface area contributed by atoms with Gasteiger partial charge in [-0.2, -0.15) is 10.1 Å². The molecule has 1 aliphatic heterocycles. The first-order valence-corrected chi connectivity index (χ1v) is 9.32. The van der Waals surface area contributed by atoms with E-state index in [1.165, 1.54) is 6.20 Å². The van der Waals surface area contributed by atoms with Crippen molar-refractivity contribution in [3.05, 3.63) is 53.2 Å². The van der Waals surface area contributed by atoms with Crippen LogP contribution in [-0.2, 0) is 7.05 Å². The van der Waals surface area contributed by atoms with Gasteiger partial charge in [-0.15, -0.1) is 10.2 Å². The summed E-state index contributed by atoms with van der Waals surface area (Å²) in [5.41, 5.74) is 2.20. The number of aromatic nitrogens is 7. The van der Waals surface area contributed by atoms with Crippen molar-refractivity contribution in [2.45, 2.75) is 0 Å². The molecular weight excluding hydrogens is 370 g/mol. The van der Waals surface area contributed by atoms with E-state index in [0.717, 1.165) is 30.2 Å². The standard InChI is InChI=1S/C19H19N9O/c1-27-17-14(9-22-27)18(29)24-19(23-17)21-8-12-10-28(11-12)16-3-2-15(25-26-16)13-4-6-20-7-5-13/h2-7,9,12H,8,10-11H2,1H3,(H2,21,23,24,29). The molecule has 1 fully saturated rings. The summed E-state index contributed by atoms with van der Waals surface area (Å²) in [7, 11) is 1.77. The predicted octanol–water partition coefficient (Wildman–Crippen LogP) is 1.06. The fourth-order valence-corrected chi connectivity index (χ4v) is 3.41. The van der Waals surface area contributed by atoms with Crippen LogP contribution in [0.3, 0.4) is 0 Å². The molecule has 1 aliphatic rings. The van der Waals surface area contributed by atoms with Gasteiger partial charge in [0.2, 0.25) is 5.95 Å². The number of H-pyrrole nitrogens is 1. The van der Waals surface area contributed by atoms with E-state index in [1.807, 2.05) is 24.3 Å². The zero-order valence-corrected chi connectivity index (χ0v) is 15.8. The number of nitrogens with one attached hydrogen (secondary N) is 2. The first-order chi connectivity index (χ1) is 14.2. The van der Waals surface area contributed by atoms with Crippen LogP contribution in [0.5, 0.6) is 0 Å². The Morgan fingerprint density at radius 2 is 2.00 bits per heavy atom. The van der Waals surface area contributed by atoms with Gasteiger partial charge in [-0.1, -0.05) is 0 Å². The maximum Gasteiger partial charge on any atom is 0.263 e. The Morgan fingerprint density at radius 1 is 1.17 bits per heavy atom. The lowest BCUT2D eigenvalue weighted by Crippen LogP contribution is -2.50. The molecule has 0 saturated carbocycles. The minimum Gasteiger partial charge on any atom is -0.355 e. The van der Waals surface area contributed by atoms with Crippen molar-refractivity contribution in [3.8, 4) is 11.3 Å². The second kappa shape index (κ2) is 6.97. The lowest BCUT2D eigenvalue weighted by Gasteiger charge is -2.39. The summed E-state index contributed by atoms with van der Waals surface area (Å²) in [5, 5.41) is 16.4. The van der Waals surface area contributed by atoms with Crippen LogP contribution in [0.4, 0.5) is 11.8 Å². The van der Waals surface area contributed by atoms with E-state index in [4.69, 9.17) is 0 Å². The molecule has 4 aromatic rings. The molecule has 5 heterocycles. The molecule has 0 amide bonds. The van der Waals surface area contributed by atoms with Crippen molar-refractivity contribution in [1.29, 1.82) is 0 Å². The Morgan fingerprint density at radius 3 is 2.76 bits per heavy atom. The highest BCUT2D eigenvalue weighted by Crippen LogP contribution is 2.24. The van der Waals surface area contributed by atoms with Crippen LogP contribution in [0, 0.1) is 5.92 Å². The molecule has 146 valence electrons. The monoisotopic (exact) mass is 389 g/mol. The van der Waals surface area contributed by atoms with Gasteiger partial charge >= 0.3 is 0 Å². The zero-order chi connectivity index (χ0) is 19.8. The van der Waals surface area contributed by atoms with Crippen molar-refractivity contribution < 1.29 is 0 Å². The molecule has 4 aromatic heterocycles. The summed E-state index contributed by atoms with van der Waals surface area (Å²) in [6.45, 7) is 2.45. The SMILES string of the molecule is Cn1ncc2c(=O)[nH]c(NCC3CN(c4ccc(-c5ccncc5)nn4)C3)nc21. The Bertz CT molecular complexity index is 1190. The van der Waals surface area contributed by atoms with Crippen LogP contribution in [0.2, 0.25) is 0 Å². The van der Waals surface area contributed by atoms with Gasteiger partial charge in [-0.25, -0.2) is 0 Å². The van der Waals surface area contributed by atoms with Crippen LogP contribution in [0.15, 0.2) is 47.7 Å². The fourth-order valence-electron chi connectivity index (χ4n) is 3.41. The van der Waals surface area contributed by atoms with Gasteiger partial charge in [-0.3, -0.25) is 19.4 Å². The third-order valence-corrected chi connectivity index (χ3v) is 5.07. The maximum atomic E-state index is 12.1. The van der Waals surface area contributed by atoms with Gasteiger partial charge in [0.25, 0.3) is 5.56 Å². The van der Waals surface area contributed by atoms with Crippen molar-refractivity contribution in [3.63, 3.8) is 0 Å². The molecule has 29 heavy (non-hydrogen) atoms. The minimum atomic E-state index is -0.189. The molecule has 0 aromatic carbocycles. The third-order valence-electron chi connectivity index (χ3n) is 5.07. The number of fused-ring (bicyclic) bond motifs is 1. The van der Waals surface area contributed by atoms with E-state index >= 15 is 0 Å². The van der Waals surface area contributed by atoms with Crippen molar-refractivity contribution in [2.24, 2.45) is 13.0 Å². The highest BCUT2D eigenvalue weighted by molar-refractivity contribution is 5.74. The van der Waals surface area contributed by atoms with Gasteiger partial charge in [0.1, 0.15) is 5.39 Å². The number of pyridine rings is 1. The summed E-state index contributed by atoms with van der Waals surface area (Å²) in [6, 6.07) is 7.79. The number of anilines is 2. The van der Waals surface area contributed by atoms with E-state index in [9.17, 15) is 4.79 Å². The van der Waals surface area contributed by atoms with E-state index < -0.39 is 0 Å². The Kier molecular flexibility index (Phi) is 4.15. The fraction of sp³-hybridized carbons (Fsp3) is 0.263. The van der Waals surface area contributed by atoms with E-state index in [-0.39, 0.29) is 5.56 Å². The molecule has 2 N–H and O–H groups in total. The van der Waals surface area contributed by atoms with Gasteiger partial charge in [-0.05, 0) is 24.3 Å². The minimum absolute atomic E-state index is 0.189. The number of aryl methyl sites for hydroxylation is 1. The average molecular weight is 389 g/mol. The quantitative estimate of drug-likeness (QED) is 0.520. The maximum absolute atomic E-state index is 12.1. The molecule has 0 atom stereocenters. The summed E-state index contributed by atoms with van der Waals surface area (Å²) < 4.78 is 1.59. The molecule has 0 bridgehead atoms. The molecule has 0 unspecified atom stereocenters. The van der Waals surface area contributed by atoms with E-state index in [0.29, 0.717) is 29.4 Å². The normalized spacial score (nSPS) is 14.2.